The number of carbonyl (C=O) groups is 1. The van der Waals surface area contributed by atoms with Crippen LogP contribution in [0.15, 0.2) is 23.1 Å². The van der Waals surface area contributed by atoms with E-state index in [0.29, 0.717) is 12.8 Å². The van der Waals surface area contributed by atoms with E-state index in [2.05, 4.69) is 5.32 Å². The van der Waals surface area contributed by atoms with Crippen molar-refractivity contribution < 1.29 is 22.7 Å². The van der Waals surface area contributed by atoms with Crippen LogP contribution in [-0.2, 0) is 14.6 Å². The van der Waals surface area contributed by atoms with E-state index < -0.39 is 27.7 Å². The van der Waals surface area contributed by atoms with Gasteiger partial charge in [0.25, 0.3) is 0 Å². The molecular formula is C13H18FNO4S. The summed E-state index contributed by atoms with van der Waals surface area (Å²) in [7, 11) is -3.49. The molecule has 0 aliphatic carbocycles. The molecule has 5 nitrogen and oxygen atoms in total. The fourth-order valence-electron chi connectivity index (χ4n) is 1.70. The minimum absolute atomic E-state index is 0.0131. The molecule has 0 heterocycles. The van der Waals surface area contributed by atoms with Gasteiger partial charge in [-0.05, 0) is 24.6 Å². The average molecular weight is 303 g/mol. The van der Waals surface area contributed by atoms with E-state index >= 15 is 0 Å². The standard InChI is InChI=1S/C13H18FNO4S/c1-3-4-5-12(13(16)17)15-11-7-6-9(8-10(11)14)20(2,18)19/h6-8,12,15H,3-5H2,1-2H3,(H,16,17)/t12-/m0/s1. The molecule has 1 aromatic carbocycles. The highest BCUT2D eigenvalue weighted by molar-refractivity contribution is 7.90. The largest absolute Gasteiger partial charge is 0.480 e. The van der Waals surface area contributed by atoms with Gasteiger partial charge in [-0.3, -0.25) is 0 Å². The smallest absolute Gasteiger partial charge is 0.326 e. The van der Waals surface area contributed by atoms with Crippen LogP contribution in [0.3, 0.4) is 0 Å². The van der Waals surface area contributed by atoms with Gasteiger partial charge in [-0.2, -0.15) is 0 Å². The van der Waals surface area contributed by atoms with Crippen molar-refractivity contribution in [1.82, 2.24) is 0 Å². The first kappa shape index (κ1) is 16.4. The first-order chi connectivity index (χ1) is 9.25. The van der Waals surface area contributed by atoms with Crippen LogP contribution < -0.4 is 5.32 Å². The van der Waals surface area contributed by atoms with E-state index in [1.54, 1.807) is 0 Å². The zero-order valence-electron chi connectivity index (χ0n) is 11.4. The third-order valence-electron chi connectivity index (χ3n) is 2.84. The Morgan fingerprint density at radius 3 is 2.55 bits per heavy atom. The molecule has 0 aromatic heterocycles. The Morgan fingerprint density at radius 2 is 2.10 bits per heavy atom. The number of nitrogens with one attached hydrogen (secondary N) is 1. The minimum Gasteiger partial charge on any atom is -0.480 e. The first-order valence-corrected chi connectivity index (χ1v) is 8.13. The highest BCUT2D eigenvalue weighted by Gasteiger charge is 2.19. The molecular weight excluding hydrogens is 285 g/mol. The molecule has 0 saturated carbocycles. The van der Waals surface area contributed by atoms with Crippen molar-refractivity contribution in [3.05, 3.63) is 24.0 Å². The summed E-state index contributed by atoms with van der Waals surface area (Å²) >= 11 is 0. The van der Waals surface area contributed by atoms with E-state index in [0.717, 1.165) is 18.7 Å². The van der Waals surface area contributed by atoms with E-state index in [-0.39, 0.29) is 10.6 Å². The van der Waals surface area contributed by atoms with Crippen molar-refractivity contribution in [3.8, 4) is 0 Å². The Labute approximate surface area is 117 Å². The lowest BCUT2D eigenvalue weighted by atomic mass is 10.1. The van der Waals surface area contributed by atoms with Crippen molar-refractivity contribution in [2.45, 2.75) is 37.1 Å². The number of halogens is 1. The summed E-state index contributed by atoms with van der Waals surface area (Å²) in [5, 5.41) is 11.6. The molecule has 0 bridgehead atoms. The fraction of sp³-hybridized carbons (Fsp3) is 0.462. The fourth-order valence-corrected chi connectivity index (χ4v) is 2.33. The van der Waals surface area contributed by atoms with E-state index in [1.807, 2.05) is 6.92 Å². The normalized spacial score (nSPS) is 12.9. The van der Waals surface area contributed by atoms with Crippen molar-refractivity contribution in [3.63, 3.8) is 0 Å². The van der Waals surface area contributed by atoms with Crippen LogP contribution in [0.1, 0.15) is 26.2 Å². The summed E-state index contributed by atoms with van der Waals surface area (Å²) in [6.07, 6.45) is 2.89. The molecule has 0 aliphatic rings. The summed E-state index contributed by atoms with van der Waals surface area (Å²) in [6.45, 7) is 1.93. The van der Waals surface area contributed by atoms with Crippen molar-refractivity contribution >= 4 is 21.5 Å². The molecule has 0 saturated heterocycles. The number of carboxylic acid groups (broad SMARTS) is 1. The predicted molar refractivity (Wildman–Crippen MR) is 74.1 cm³/mol. The SMILES string of the molecule is CCCC[C@H](Nc1ccc(S(C)(=O)=O)cc1F)C(=O)O. The Kier molecular flexibility index (Phi) is 5.50. The molecule has 0 unspecified atom stereocenters. The maximum Gasteiger partial charge on any atom is 0.326 e. The first-order valence-electron chi connectivity index (χ1n) is 6.24. The van der Waals surface area contributed by atoms with Crippen LogP contribution in [0.25, 0.3) is 0 Å². The lowest BCUT2D eigenvalue weighted by Gasteiger charge is -2.16. The third-order valence-corrected chi connectivity index (χ3v) is 3.95. The van der Waals surface area contributed by atoms with Gasteiger partial charge >= 0.3 is 5.97 Å². The lowest BCUT2D eigenvalue weighted by Crippen LogP contribution is -2.29. The second-order valence-corrected chi connectivity index (χ2v) is 6.61. The molecule has 2 N–H and O–H groups in total. The average Bonchev–Trinajstić information content (AvgIpc) is 2.34. The Hall–Kier alpha value is -1.63. The predicted octanol–water partition coefficient (Wildman–Crippen LogP) is 2.28. The van der Waals surface area contributed by atoms with Gasteiger partial charge in [0.05, 0.1) is 10.6 Å². The number of benzene rings is 1. The number of carboxylic acids is 1. The number of hydrogen-bond acceptors (Lipinski definition) is 4. The van der Waals surface area contributed by atoms with Crippen molar-refractivity contribution in [2.75, 3.05) is 11.6 Å². The molecule has 0 aliphatic heterocycles. The highest BCUT2D eigenvalue weighted by atomic mass is 32.2. The number of unbranched alkanes of at least 4 members (excludes halogenated alkanes) is 1. The van der Waals surface area contributed by atoms with Crippen molar-refractivity contribution in [1.29, 1.82) is 0 Å². The Bertz CT molecular complexity index is 586. The number of anilines is 1. The van der Waals surface area contributed by atoms with Gasteiger partial charge in [0.15, 0.2) is 9.84 Å². The van der Waals surface area contributed by atoms with Gasteiger partial charge in [-0.25, -0.2) is 17.6 Å². The van der Waals surface area contributed by atoms with Crippen LogP contribution in [0, 0.1) is 5.82 Å². The number of aliphatic carboxylic acids is 1. The molecule has 0 radical (unpaired) electrons. The molecule has 112 valence electrons. The number of rotatable bonds is 7. The van der Waals surface area contributed by atoms with E-state index in [1.165, 1.54) is 12.1 Å². The quantitative estimate of drug-likeness (QED) is 0.807. The van der Waals surface area contributed by atoms with Crippen molar-refractivity contribution in [2.24, 2.45) is 0 Å². The number of hydrogen-bond donors (Lipinski definition) is 2. The summed E-state index contributed by atoms with van der Waals surface area (Å²) in [5.74, 6) is -1.85. The second kappa shape index (κ2) is 6.69. The molecule has 1 rings (SSSR count). The number of sulfone groups is 1. The molecule has 20 heavy (non-hydrogen) atoms. The topological polar surface area (TPSA) is 83.5 Å². The summed E-state index contributed by atoms with van der Waals surface area (Å²) < 4.78 is 36.4. The summed E-state index contributed by atoms with van der Waals surface area (Å²) in [5.41, 5.74) is -0.0131. The summed E-state index contributed by atoms with van der Waals surface area (Å²) in [4.78, 5) is 10.9. The molecule has 7 heteroatoms. The monoisotopic (exact) mass is 303 g/mol. The van der Waals surface area contributed by atoms with Crippen LogP contribution in [0.4, 0.5) is 10.1 Å². The van der Waals surface area contributed by atoms with Crippen LogP contribution in [0.5, 0.6) is 0 Å². The zero-order chi connectivity index (χ0) is 15.3. The minimum atomic E-state index is -3.49. The van der Waals surface area contributed by atoms with E-state index in [4.69, 9.17) is 5.11 Å². The van der Waals surface area contributed by atoms with Crippen LogP contribution in [0.2, 0.25) is 0 Å². The van der Waals surface area contributed by atoms with Crippen LogP contribution in [-0.4, -0.2) is 31.8 Å². The van der Waals surface area contributed by atoms with Gasteiger partial charge < -0.3 is 10.4 Å². The molecule has 0 fully saturated rings. The zero-order valence-corrected chi connectivity index (χ0v) is 12.2. The molecule has 0 spiro atoms. The van der Waals surface area contributed by atoms with Gasteiger partial charge in [0.1, 0.15) is 11.9 Å². The molecule has 1 aromatic rings. The van der Waals surface area contributed by atoms with Crippen LogP contribution >= 0.6 is 0 Å². The maximum absolute atomic E-state index is 13.8. The maximum atomic E-state index is 13.8. The summed E-state index contributed by atoms with van der Waals surface area (Å²) in [6, 6.07) is 2.48. The van der Waals surface area contributed by atoms with Gasteiger partial charge in [-0.1, -0.05) is 19.8 Å². The van der Waals surface area contributed by atoms with Gasteiger partial charge in [0.2, 0.25) is 0 Å². The molecule has 0 amide bonds. The molecule has 1 atom stereocenters. The Morgan fingerprint density at radius 1 is 1.45 bits per heavy atom. The van der Waals surface area contributed by atoms with Gasteiger partial charge in [-0.15, -0.1) is 0 Å². The lowest BCUT2D eigenvalue weighted by molar-refractivity contribution is -0.138. The third kappa shape index (κ3) is 4.48. The van der Waals surface area contributed by atoms with E-state index in [9.17, 15) is 17.6 Å². The highest BCUT2D eigenvalue weighted by Crippen LogP contribution is 2.20. The Balaban J connectivity index is 2.94. The second-order valence-electron chi connectivity index (χ2n) is 4.59. The van der Waals surface area contributed by atoms with Gasteiger partial charge in [0, 0.05) is 6.26 Å².